The Kier molecular flexibility index (Phi) is 10.9. The predicted molar refractivity (Wildman–Crippen MR) is 122 cm³/mol. The van der Waals surface area contributed by atoms with Gasteiger partial charge in [0.15, 0.2) is 5.96 Å². The second-order valence-electron chi connectivity index (χ2n) is 6.59. The molecule has 1 unspecified atom stereocenters. The first-order valence-electron chi connectivity index (χ1n) is 9.59. The number of halogens is 1. The summed E-state index contributed by atoms with van der Waals surface area (Å²) in [7, 11) is 0. The number of carbonyl (C=O) groups is 2. The molecule has 1 aliphatic rings. The van der Waals surface area contributed by atoms with Crippen molar-refractivity contribution in [2.75, 3.05) is 31.6 Å². The van der Waals surface area contributed by atoms with Crippen molar-refractivity contribution in [2.45, 2.75) is 40.2 Å². The molecule has 156 valence electrons. The number of guanidine groups is 1. The van der Waals surface area contributed by atoms with E-state index in [-0.39, 0.29) is 41.8 Å². The maximum atomic E-state index is 12.1. The number of esters is 1. The number of benzene rings is 1. The van der Waals surface area contributed by atoms with Gasteiger partial charge in [-0.25, -0.2) is 4.99 Å². The summed E-state index contributed by atoms with van der Waals surface area (Å²) in [5.74, 6) is 0.477. The van der Waals surface area contributed by atoms with Crippen molar-refractivity contribution in [3.8, 4) is 0 Å². The van der Waals surface area contributed by atoms with Crippen LogP contribution in [0.3, 0.4) is 0 Å². The number of hydrogen-bond acceptors (Lipinski definition) is 4. The third-order valence-electron chi connectivity index (χ3n) is 4.33. The first kappa shape index (κ1) is 24.2. The van der Waals surface area contributed by atoms with E-state index >= 15 is 0 Å². The Morgan fingerprint density at radius 3 is 2.79 bits per heavy atom. The van der Waals surface area contributed by atoms with Gasteiger partial charge in [0.1, 0.15) is 0 Å². The van der Waals surface area contributed by atoms with Crippen LogP contribution in [0.25, 0.3) is 0 Å². The second-order valence-corrected chi connectivity index (χ2v) is 6.59. The summed E-state index contributed by atoms with van der Waals surface area (Å²) in [6.07, 6.45) is 1.79. The van der Waals surface area contributed by atoms with Crippen molar-refractivity contribution >= 4 is 47.5 Å². The van der Waals surface area contributed by atoms with Gasteiger partial charge in [-0.15, -0.1) is 24.0 Å². The van der Waals surface area contributed by atoms with Crippen LogP contribution in [0.4, 0.5) is 5.69 Å². The van der Waals surface area contributed by atoms with Crippen molar-refractivity contribution in [1.82, 2.24) is 10.2 Å². The summed E-state index contributed by atoms with van der Waals surface area (Å²) < 4.78 is 5.18. The summed E-state index contributed by atoms with van der Waals surface area (Å²) in [6.45, 7) is 8.50. The molecule has 8 heteroatoms. The van der Waals surface area contributed by atoms with Crippen LogP contribution >= 0.6 is 24.0 Å². The minimum atomic E-state index is -0.124. The molecule has 7 nitrogen and oxygen atoms in total. The largest absolute Gasteiger partial charge is 0.466 e. The summed E-state index contributed by atoms with van der Waals surface area (Å²) in [4.78, 5) is 30.2. The van der Waals surface area contributed by atoms with Crippen LogP contribution in [0.15, 0.2) is 29.3 Å². The van der Waals surface area contributed by atoms with E-state index in [9.17, 15) is 9.59 Å². The molecule has 28 heavy (non-hydrogen) atoms. The zero-order valence-electron chi connectivity index (χ0n) is 16.9. The number of hydrogen-bond donors (Lipinski definition) is 2. The Morgan fingerprint density at radius 2 is 2.11 bits per heavy atom. The number of piperidine rings is 1. The molecule has 0 bridgehead atoms. The average molecular weight is 502 g/mol. The van der Waals surface area contributed by atoms with Gasteiger partial charge in [-0.1, -0.05) is 12.1 Å². The highest BCUT2D eigenvalue weighted by atomic mass is 127. The Labute approximate surface area is 184 Å². The quantitative estimate of drug-likeness (QED) is 0.271. The zero-order valence-corrected chi connectivity index (χ0v) is 19.2. The third kappa shape index (κ3) is 7.65. The van der Waals surface area contributed by atoms with Gasteiger partial charge in [-0.3, -0.25) is 9.59 Å². The molecule has 0 radical (unpaired) electrons. The molecule has 0 aromatic heterocycles. The number of nitrogens with one attached hydrogen (secondary N) is 2. The molecule has 2 N–H and O–H groups in total. The molecule has 1 aliphatic heterocycles. The number of carbonyl (C=O) groups excluding carboxylic acids is 2. The lowest BCUT2D eigenvalue weighted by molar-refractivity contribution is -0.149. The zero-order chi connectivity index (χ0) is 19.6. The molecular formula is C20H31IN4O3. The highest BCUT2D eigenvalue weighted by Crippen LogP contribution is 2.18. The van der Waals surface area contributed by atoms with E-state index in [1.54, 1.807) is 0 Å². The second kappa shape index (κ2) is 12.6. The minimum Gasteiger partial charge on any atom is -0.466 e. The molecule has 1 heterocycles. The molecule has 1 saturated heterocycles. The summed E-state index contributed by atoms with van der Waals surface area (Å²) in [6, 6.07) is 7.66. The molecular weight excluding hydrogens is 471 g/mol. The first-order chi connectivity index (χ1) is 13.0. The van der Waals surface area contributed by atoms with Gasteiger partial charge in [0.25, 0.3) is 0 Å². The number of likely N-dealkylation sites (tertiary alicyclic amines) is 1. The van der Waals surface area contributed by atoms with Crippen molar-refractivity contribution in [1.29, 1.82) is 0 Å². The fourth-order valence-corrected chi connectivity index (χ4v) is 3.16. The van der Waals surface area contributed by atoms with Crippen molar-refractivity contribution in [3.05, 3.63) is 29.8 Å². The highest BCUT2D eigenvalue weighted by Gasteiger charge is 2.28. The van der Waals surface area contributed by atoms with Gasteiger partial charge in [0.2, 0.25) is 5.91 Å². The fourth-order valence-electron chi connectivity index (χ4n) is 3.16. The van der Waals surface area contributed by atoms with Crippen LogP contribution in [0.2, 0.25) is 0 Å². The molecule has 1 fully saturated rings. The first-order valence-corrected chi connectivity index (χ1v) is 9.59. The van der Waals surface area contributed by atoms with E-state index in [2.05, 4.69) is 15.5 Å². The van der Waals surface area contributed by atoms with Gasteiger partial charge in [-0.05, 0) is 44.4 Å². The SMILES string of the molecule is CCNC(=NCc1cccc(NC(C)=O)c1)N1CCCC(C(=O)OCC)C1.I. The van der Waals surface area contributed by atoms with Crippen molar-refractivity contribution in [2.24, 2.45) is 10.9 Å². The van der Waals surface area contributed by atoms with Crippen LogP contribution in [-0.2, 0) is 20.9 Å². The minimum absolute atomic E-state index is 0. The molecule has 0 spiro atoms. The molecule has 1 atom stereocenters. The predicted octanol–water partition coefficient (Wildman–Crippen LogP) is 3.00. The van der Waals surface area contributed by atoms with Crippen molar-refractivity contribution < 1.29 is 14.3 Å². The monoisotopic (exact) mass is 502 g/mol. The molecule has 0 saturated carbocycles. The topological polar surface area (TPSA) is 83.0 Å². The Hall–Kier alpha value is -1.84. The molecule has 0 aliphatic carbocycles. The summed E-state index contributed by atoms with van der Waals surface area (Å²) >= 11 is 0. The maximum Gasteiger partial charge on any atom is 0.310 e. The maximum absolute atomic E-state index is 12.1. The van der Waals surface area contributed by atoms with E-state index in [0.717, 1.165) is 43.1 Å². The molecule has 1 aromatic rings. The Balaban J connectivity index is 0.00000392. The van der Waals surface area contributed by atoms with Crippen LogP contribution in [0, 0.1) is 5.92 Å². The number of nitrogens with zero attached hydrogens (tertiary/aromatic N) is 2. The third-order valence-corrected chi connectivity index (χ3v) is 4.33. The smallest absolute Gasteiger partial charge is 0.310 e. The van der Waals surface area contributed by atoms with Crippen LogP contribution in [0.5, 0.6) is 0 Å². The highest BCUT2D eigenvalue weighted by molar-refractivity contribution is 14.0. The van der Waals surface area contributed by atoms with Crippen LogP contribution in [-0.4, -0.2) is 49.0 Å². The number of amides is 1. The van der Waals surface area contributed by atoms with Gasteiger partial charge in [-0.2, -0.15) is 0 Å². The van der Waals surface area contributed by atoms with Gasteiger partial charge >= 0.3 is 5.97 Å². The summed E-state index contributed by atoms with van der Waals surface area (Å²) in [5.41, 5.74) is 1.77. The van der Waals surface area contributed by atoms with E-state index in [1.807, 2.05) is 38.1 Å². The fraction of sp³-hybridized carbons (Fsp3) is 0.550. The lowest BCUT2D eigenvalue weighted by Gasteiger charge is -2.34. The van der Waals surface area contributed by atoms with Crippen LogP contribution < -0.4 is 10.6 Å². The number of aliphatic imine (C=N–C) groups is 1. The number of ether oxygens (including phenoxy) is 1. The lowest BCUT2D eigenvalue weighted by atomic mass is 9.98. The van der Waals surface area contributed by atoms with E-state index < -0.39 is 0 Å². The summed E-state index contributed by atoms with van der Waals surface area (Å²) in [5, 5.41) is 6.10. The Morgan fingerprint density at radius 1 is 1.32 bits per heavy atom. The van der Waals surface area contributed by atoms with Gasteiger partial charge < -0.3 is 20.3 Å². The van der Waals surface area contributed by atoms with Gasteiger partial charge in [0.05, 0.1) is 19.1 Å². The normalized spacial score (nSPS) is 16.8. The number of rotatable bonds is 6. The molecule has 1 amide bonds. The van der Waals surface area contributed by atoms with E-state index in [0.29, 0.717) is 19.7 Å². The van der Waals surface area contributed by atoms with E-state index in [1.165, 1.54) is 6.92 Å². The molecule has 1 aromatic carbocycles. The van der Waals surface area contributed by atoms with Crippen molar-refractivity contribution in [3.63, 3.8) is 0 Å². The standard InChI is InChI=1S/C20H30N4O3.HI/c1-4-21-20(24-11-7-9-17(14-24)19(26)27-5-2)22-13-16-8-6-10-18(12-16)23-15(3)25;/h6,8,10,12,17H,4-5,7,9,11,13-14H2,1-3H3,(H,21,22)(H,23,25);1H. The Bertz CT molecular complexity index is 681. The lowest BCUT2D eigenvalue weighted by Crippen LogP contribution is -2.48. The van der Waals surface area contributed by atoms with Gasteiger partial charge in [0, 0.05) is 32.2 Å². The number of anilines is 1. The molecule has 2 rings (SSSR count). The van der Waals surface area contributed by atoms with Crippen LogP contribution in [0.1, 0.15) is 39.2 Å². The average Bonchev–Trinajstić information content (AvgIpc) is 2.65. The van der Waals surface area contributed by atoms with E-state index in [4.69, 9.17) is 9.73 Å².